The number of nitrogens with zero attached hydrogens (tertiary/aromatic N) is 4. The number of aromatic nitrogens is 3. The summed E-state index contributed by atoms with van der Waals surface area (Å²) in [7, 11) is 0. The quantitative estimate of drug-likeness (QED) is 0.163. The molecule has 2 aliphatic rings. The maximum atomic E-state index is 2.59. The summed E-state index contributed by atoms with van der Waals surface area (Å²) in [4.78, 5) is 2.51. The van der Waals surface area contributed by atoms with Gasteiger partial charge in [-0.2, -0.15) is 0 Å². The van der Waals surface area contributed by atoms with Crippen LogP contribution in [0.3, 0.4) is 0 Å². The average Bonchev–Trinajstić information content (AvgIpc) is 3.88. The van der Waals surface area contributed by atoms with Gasteiger partial charge in [-0.3, -0.25) is 0 Å². The Labute approximate surface area is 338 Å². The Hall–Kier alpha value is -5.16. The van der Waals surface area contributed by atoms with E-state index in [1.165, 1.54) is 81.3 Å². The SMILES string of the molecule is CC(C)(C)c1ccc2c(c1)c1cc(C(C)(C)C)ccc1n2-c1cc2n(c1)B1c3c(cccc3N2c2ccc(-c3ccccc3)cc2)[Se]c2cc(C(C)(C)C)cn21. The molecule has 8 aromatic rings. The molecule has 0 saturated heterocycles. The molecule has 0 amide bonds. The Morgan fingerprint density at radius 1 is 0.500 bits per heavy atom. The van der Waals surface area contributed by atoms with Crippen LogP contribution in [0, 0.1) is 0 Å². The van der Waals surface area contributed by atoms with Crippen molar-refractivity contribution in [2.75, 3.05) is 4.90 Å². The van der Waals surface area contributed by atoms with Gasteiger partial charge >= 0.3 is 298 Å². The summed E-state index contributed by atoms with van der Waals surface area (Å²) >= 11 is 0.185. The first-order chi connectivity index (χ1) is 26.6. The fourth-order valence-electron chi connectivity index (χ4n) is 8.76. The van der Waals surface area contributed by atoms with Crippen LogP contribution >= 0.6 is 0 Å². The van der Waals surface area contributed by atoms with Gasteiger partial charge in [0.1, 0.15) is 0 Å². The van der Waals surface area contributed by atoms with Crippen LogP contribution in [0.25, 0.3) is 38.6 Å². The summed E-state index contributed by atoms with van der Waals surface area (Å²) in [6, 6.07) is 46.0. The molecule has 0 atom stereocenters. The van der Waals surface area contributed by atoms with Crippen LogP contribution in [-0.4, -0.2) is 35.5 Å². The van der Waals surface area contributed by atoms with Crippen molar-refractivity contribution in [3.05, 3.63) is 150 Å². The zero-order chi connectivity index (χ0) is 38.9. The van der Waals surface area contributed by atoms with Gasteiger partial charge in [-0.25, -0.2) is 0 Å². The fourth-order valence-corrected chi connectivity index (χ4v) is 11.1. The van der Waals surface area contributed by atoms with Gasteiger partial charge < -0.3 is 0 Å². The van der Waals surface area contributed by atoms with Crippen molar-refractivity contribution < 1.29 is 0 Å². The molecule has 0 radical (unpaired) electrons. The molecule has 5 aromatic carbocycles. The third-order valence-electron chi connectivity index (χ3n) is 12.0. The van der Waals surface area contributed by atoms with E-state index in [0.29, 0.717) is 0 Å². The van der Waals surface area contributed by atoms with Crippen LogP contribution in [0.15, 0.2) is 134 Å². The molecule has 0 unspecified atom stereocenters. The Kier molecular flexibility index (Phi) is 7.67. The van der Waals surface area contributed by atoms with E-state index in [9.17, 15) is 0 Å². The van der Waals surface area contributed by atoms with E-state index in [-0.39, 0.29) is 38.2 Å². The van der Waals surface area contributed by atoms with Crippen molar-refractivity contribution in [2.24, 2.45) is 0 Å². The number of fused-ring (bicyclic) bond motifs is 7. The molecule has 10 rings (SSSR count). The third-order valence-corrected chi connectivity index (χ3v) is 14.3. The second-order valence-corrected chi connectivity index (χ2v) is 21.1. The van der Waals surface area contributed by atoms with E-state index in [1.54, 1.807) is 0 Å². The van der Waals surface area contributed by atoms with Crippen LogP contribution in [0.1, 0.15) is 79.0 Å². The van der Waals surface area contributed by atoms with Crippen molar-refractivity contribution >= 4 is 75.5 Å². The number of benzene rings is 5. The van der Waals surface area contributed by atoms with Gasteiger partial charge in [0.25, 0.3) is 0 Å². The number of hydrogen-bond donors (Lipinski definition) is 0. The Morgan fingerprint density at radius 3 is 1.71 bits per heavy atom. The molecule has 56 heavy (non-hydrogen) atoms. The van der Waals surface area contributed by atoms with Crippen molar-refractivity contribution in [3.8, 4) is 16.8 Å². The molecule has 2 aliphatic heterocycles. The van der Waals surface area contributed by atoms with Gasteiger partial charge in [0.05, 0.1) is 0 Å². The summed E-state index contributed by atoms with van der Waals surface area (Å²) in [5.41, 5.74) is 14.2. The standard InChI is InChI=1S/C50H49BN4Se/c1-48(2,3)34-20-24-41-39(26-34)40-27-35(49(4,5)6)21-25-42(40)54(41)38-29-45-52(31-38)51-47-43(55(45)37-22-18-33(19-23-37)32-14-11-10-12-15-32)16-13-17-44(47)56-46-28-36(30-53(46)51)50(7,8)9/h10-31H,1-9H3. The molecule has 6 heteroatoms. The predicted octanol–water partition coefficient (Wildman–Crippen LogP) is 10.5. The summed E-state index contributed by atoms with van der Waals surface area (Å²) in [6.07, 6.45) is 4.87. The third kappa shape index (κ3) is 5.48. The Balaban J connectivity index is 1.24. The maximum absolute atomic E-state index is 2.59. The van der Waals surface area contributed by atoms with Gasteiger partial charge in [-0.1, -0.05) is 41.5 Å². The van der Waals surface area contributed by atoms with Crippen LogP contribution in [0.5, 0.6) is 0 Å². The molecule has 4 nitrogen and oxygen atoms in total. The molecular weight excluding hydrogens is 746 g/mol. The molecule has 0 aliphatic carbocycles. The molecule has 278 valence electrons. The topological polar surface area (TPSA) is 18.0 Å². The van der Waals surface area contributed by atoms with E-state index in [4.69, 9.17) is 0 Å². The summed E-state index contributed by atoms with van der Waals surface area (Å²) in [5, 5.41) is 2.62. The summed E-state index contributed by atoms with van der Waals surface area (Å²) in [5.74, 6) is 1.17. The van der Waals surface area contributed by atoms with Crippen LogP contribution in [0.4, 0.5) is 17.2 Å². The van der Waals surface area contributed by atoms with E-state index in [2.05, 4.69) is 214 Å². The Morgan fingerprint density at radius 2 is 1.11 bits per heavy atom. The van der Waals surface area contributed by atoms with Crippen LogP contribution in [0.2, 0.25) is 0 Å². The first kappa shape index (κ1) is 35.3. The molecular formula is C50H49BN4Se. The van der Waals surface area contributed by atoms with Crippen LogP contribution < -0.4 is 19.4 Å². The molecule has 0 fully saturated rings. The van der Waals surface area contributed by atoms with Crippen molar-refractivity contribution in [3.63, 3.8) is 0 Å². The summed E-state index contributed by atoms with van der Waals surface area (Å²) < 4.78 is 10.6. The fraction of sp³-hybridized carbons (Fsp3) is 0.240. The van der Waals surface area contributed by atoms with Crippen molar-refractivity contribution in [2.45, 2.75) is 78.6 Å². The van der Waals surface area contributed by atoms with Gasteiger partial charge in [0.2, 0.25) is 0 Å². The minimum atomic E-state index is 0.0135. The van der Waals surface area contributed by atoms with E-state index >= 15 is 0 Å². The normalized spacial score (nSPS) is 14.0. The second-order valence-electron chi connectivity index (χ2n) is 18.9. The second kappa shape index (κ2) is 12.2. The Bertz CT molecular complexity index is 2760. The average molecular weight is 796 g/mol. The monoisotopic (exact) mass is 796 g/mol. The van der Waals surface area contributed by atoms with Gasteiger partial charge in [0.15, 0.2) is 0 Å². The molecule has 0 saturated carbocycles. The van der Waals surface area contributed by atoms with Gasteiger partial charge in [-0.05, 0) is 0 Å². The number of anilines is 3. The molecule has 0 bridgehead atoms. The zero-order valence-corrected chi connectivity index (χ0v) is 35.7. The molecule has 5 heterocycles. The summed E-state index contributed by atoms with van der Waals surface area (Å²) in [6.45, 7) is 20.9. The molecule has 0 N–H and O–H groups in total. The van der Waals surface area contributed by atoms with Crippen molar-refractivity contribution in [1.29, 1.82) is 0 Å². The molecule has 0 spiro atoms. The van der Waals surface area contributed by atoms with E-state index < -0.39 is 0 Å². The van der Waals surface area contributed by atoms with E-state index in [0.717, 1.165) is 5.69 Å². The zero-order valence-electron chi connectivity index (χ0n) is 34.0. The van der Waals surface area contributed by atoms with E-state index in [1.807, 2.05) is 0 Å². The van der Waals surface area contributed by atoms with Crippen molar-refractivity contribution in [1.82, 2.24) is 13.5 Å². The number of hydrogen-bond acceptors (Lipinski definition) is 1. The van der Waals surface area contributed by atoms with Gasteiger partial charge in [0, 0.05) is 0 Å². The van der Waals surface area contributed by atoms with Gasteiger partial charge in [-0.15, -0.1) is 0 Å². The predicted molar refractivity (Wildman–Crippen MR) is 241 cm³/mol. The van der Waals surface area contributed by atoms with Crippen LogP contribution in [-0.2, 0) is 16.2 Å². The minimum absolute atomic E-state index is 0.0135. The first-order valence-electron chi connectivity index (χ1n) is 20.0. The first-order valence-corrected chi connectivity index (χ1v) is 21.7. The molecule has 3 aromatic heterocycles. The number of rotatable bonds is 3.